The smallest absolute Gasteiger partial charge is 0.317 e. The zero-order chi connectivity index (χ0) is 11.6. The Morgan fingerprint density at radius 3 is 2.47 bits per heavy atom. The molecule has 1 N–H and O–H groups in total. The van der Waals surface area contributed by atoms with Gasteiger partial charge in [0.1, 0.15) is 0 Å². The third-order valence-corrected chi connectivity index (χ3v) is 2.72. The first-order valence-electron chi connectivity index (χ1n) is 5.00. The molecule has 0 unspecified atom stereocenters. The van der Waals surface area contributed by atoms with E-state index in [-0.39, 0.29) is 6.03 Å². The van der Waals surface area contributed by atoms with Gasteiger partial charge in [0.25, 0.3) is 0 Å². The van der Waals surface area contributed by atoms with E-state index in [1.807, 2.05) is 7.05 Å². The van der Waals surface area contributed by atoms with Gasteiger partial charge in [0.05, 0.1) is 0 Å². The van der Waals surface area contributed by atoms with Crippen LogP contribution in [0.5, 0.6) is 0 Å². The lowest BCUT2D eigenvalue weighted by Gasteiger charge is -2.11. The number of nitrogens with zero attached hydrogens (tertiary/aromatic N) is 2. The molecular formula is C11H19N3O. The Bertz CT molecular complexity index is 366. The zero-order valence-corrected chi connectivity index (χ0v) is 10.1. The summed E-state index contributed by atoms with van der Waals surface area (Å²) in [6.07, 6.45) is 0. The maximum atomic E-state index is 11.3. The van der Waals surface area contributed by atoms with Crippen molar-refractivity contribution in [1.29, 1.82) is 0 Å². The third-order valence-electron chi connectivity index (χ3n) is 2.72. The highest BCUT2D eigenvalue weighted by Gasteiger charge is 2.08. The van der Waals surface area contributed by atoms with Crippen molar-refractivity contribution in [2.75, 3.05) is 14.1 Å². The van der Waals surface area contributed by atoms with Gasteiger partial charge >= 0.3 is 6.03 Å². The third kappa shape index (κ3) is 2.52. The number of amides is 2. The van der Waals surface area contributed by atoms with Gasteiger partial charge in [-0.05, 0) is 25.5 Å². The molecule has 0 spiro atoms. The van der Waals surface area contributed by atoms with Gasteiger partial charge in [-0.3, -0.25) is 0 Å². The van der Waals surface area contributed by atoms with Gasteiger partial charge in [-0.15, -0.1) is 0 Å². The lowest BCUT2D eigenvalue weighted by molar-refractivity contribution is 0.217. The van der Waals surface area contributed by atoms with Crippen molar-refractivity contribution in [3.05, 3.63) is 23.0 Å². The Balaban J connectivity index is 2.66. The van der Waals surface area contributed by atoms with Crippen molar-refractivity contribution < 1.29 is 4.79 Å². The second-order valence-electron chi connectivity index (χ2n) is 4.01. The van der Waals surface area contributed by atoms with Gasteiger partial charge in [-0.25, -0.2) is 4.79 Å². The second kappa shape index (κ2) is 4.38. The molecule has 0 radical (unpaired) electrons. The van der Waals surface area contributed by atoms with Gasteiger partial charge in [0.2, 0.25) is 0 Å². The molecule has 4 heteroatoms. The van der Waals surface area contributed by atoms with Gasteiger partial charge in [0, 0.05) is 39.1 Å². The Morgan fingerprint density at radius 1 is 1.47 bits per heavy atom. The molecule has 0 aliphatic heterocycles. The highest BCUT2D eigenvalue weighted by atomic mass is 16.2. The molecule has 2 amide bonds. The number of carbonyl (C=O) groups excluding carboxylic acids is 1. The van der Waals surface area contributed by atoms with Crippen LogP contribution >= 0.6 is 0 Å². The maximum Gasteiger partial charge on any atom is 0.317 e. The summed E-state index contributed by atoms with van der Waals surface area (Å²) in [5.41, 5.74) is 3.58. The van der Waals surface area contributed by atoms with E-state index in [9.17, 15) is 4.79 Å². The second-order valence-corrected chi connectivity index (χ2v) is 4.01. The van der Waals surface area contributed by atoms with E-state index in [1.165, 1.54) is 21.9 Å². The van der Waals surface area contributed by atoms with Crippen molar-refractivity contribution in [1.82, 2.24) is 14.8 Å². The van der Waals surface area contributed by atoms with Crippen LogP contribution in [0, 0.1) is 13.8 Å². The average Bonchev–Trinajstić information content (AvgIpc) is 2.42. The Kier molecular flexibility index (Phi) is 3.39. The first-order chi connectivity index (χ1) is 6.93. The minimum absolute atomic E-state index is 0.0593. The summed E-state index contributed by atoms with van der Waals surface area (Å²) in [4.78, 5) is 12.9. The van der Waals surface area contributed by atoms with Crippen LogP contribution < -0.4 is 5.32 Å². The lowest BCUT2D eigenvalue weighted by atomic mass is 10.2. The number of hydrogen-bond donors (Lipinski definition) is 1. The number of aromatic nitrogens is 1. The Hall–Kier alpha value is -1.45. The topological polar surface area (TPSA) is 37.3 Å². The summed E-state index contributed by atoms with van der Waals surface area (Å²) in [5, 5.41) is 2.85. The standard InChI is InChI=1S/C11H19N3O/c1-8-6-10(9(2)14(8)5)7-12-11(15)13(3)4/h6H,7H2,1-5H3,(H,12,15). The fourth-order valence-corrected chi connectivity index (χ4v) is 1.44. The quantitative estimate of drug-likeness (QED) is 0.785. The van der Waals surface area contributed by atoms with E-state index in [0.29, 0.717) is 6.54 Å². The van der Waals surface area contributed by atoms with Crippen LogP contribution in [0.25, 0.3) is 0 Å². The van der Waals surface area contributed by atoms with Crippen LogP contribution in [0.1, 0.15) is 17.0 Å². The van der Waals surface area contributed by atoms with Crippen LogP contribution in [0.4, 0.5) is 4.79 Å². The molecule has 0 aliphatic carbocycles. The van der Waals surface area contributed by atoms with Crippen molar-refractivity contribution in [2.45, 2.75) is 20.4 Å². The molecule has 0 fully saturated rings. The van der Waals surface area contributed by atoms with E-state index >= 15 is 0 Å². The highest BCUT2D eigenvalue weighted by molar-refractivity contribution is 5.73. The predicted molar refractivity (Wildman–Crippen MR) is 60.8 cm³/mol. The number of hydrogen-bond acceptors (Lipinski definition) is 1. The van der Waals surface area contributed by atoms with Gasteiger partial charge in [0.15, 0.2) is 0 Å². The normalized spacial score (nSPS) is 10.2. The molecule has 0 atom stereocenters. The zero-order valence-electron chi connectivity index (χ0n) is 10.1. The fraction of sp³-hybridized carbons (Fsp3) is 0.545. The molecule has 0 aromatic carbocycles. The fourth-order valence-electron chi connectivity index (χ4n) is 1.44. The SMILES string of the molecule is Cc1cc(CNC(=O)N(C)C)c(C)n1C. The molecule has 0 bridgehead atoms. The molecule has 84 valence electrons. The predicted octanol–water partition coefficient (Wildman–Crippen LogP) is 1.41. The molecule has 1 aromatic rings. The molecule has 1 rings (SSSR count). The largest absolute Gasteiger partial charge is 0.352 e. The number of rotatable bonds is 2. The molecule has 0 saturated heterocycles. The number of urea groups is 1. The Morgan fingerprint density at radius 2 is 2.07 bits per heavy atom. The van der Waals surface area contributed by atoms with Gasteiger partial charge in [-0.2, -0.15) is 0 Å². The number of carbonyl (C=O) groups is 1. The van der Waals surface area contributed by atoms with Gasteiger partial charge < -0.3 is 14.8 Å². The van der Waals surface area contributed by atoms with E-state index in [4.69, 9.17) is 0 Å². The average molecular weight is 209 g/mol. The van der Waals surface area contributed by atoms with Crippen LogP contribution in [-0.4, -0.2) is 29.6 Å². The number of aryl methyl sites for hydroxylation is 1. The molecule has 0 saturated carbocycles. The van der Waals surface area contributed by atoms with E-state index < -0.39 is 0 Å². The first-order valence-corrected chi connectivity index (χ1v) is 5.00. The van der Waals surface area contributed by atoms with Crippen LogP contribution in [0.2, 0.25) is 0 Å². The molecule has 1 heterocycles. The minimum Gasteiger partial charge on any atom is -0.352 e. The van der Waals surface area contributed by atoms with Crippen molar-refractivity contribution in [2.24, 2.45) is 7.05 Å². The molecule has 4 nitrogen and oxygen atoms in total. The summed E-state index contributed by atoms with van der Waals surface area (Å²) >= 11 is 0. The first kappa shape index (κ1) is 11.6. The lowest BCUT2D eigenvalue weighted by Crippen LogP contribution is -2.34. The van der Waals surface area contributed by atoms with E-state index in [2.05, 4.69) is 29.8 Å². The van der Waals surface area contributed by atoms with Gasteiger partial charge in [-0.1, -0.05) is 0 Å². The molecule has 0 aliphatic rings. The van der Waals surface area contributed by atoms with Crippen LogP contribution in [0.15, 0.2) is 6.07 Å². The molecule has 15 heavy (non-hydrogen) atoms. The summed E-state index contributed by atoms with van der Waals surface area (Å²) < 4.78 is 2.12. The summed E-state index contributed by atoms with van der Waals surface area (Å²) in [7, 11) is 5.50. The van der Waals surface area contributed by atoms with Crippen molar-refractivity contribution in [3.8, 4) is 0 Å². The maximum absolute atomic E-state index is 11.3. The van der Waals surface area contributed by atoms with Crippen LogP contribution in [-0.2, 0) is 13.6 Å². The number of nitrogens with one attached hydrogen (secondary N) is 1. The summed E-state index contributed by atoms with van der Waals surface area (Å²) in [6.45, 7) is 4.71. The minimum atomic E-state index is -0.0593. The highest BCUT2D eigenvalue weighted by Crippen LogP contribution is 2.12. The van der Waals surface area contributed by atoms with E-state index in [0.717, 1.165) is 0 Å². The van der Waals surface area contributed by atoms with Crippen molar-refractivity contribution >= 4 is 6.03 Å². The molecule has 1 aromatic heterocycles. The molecular weight excluding hydrogens is 190 g/mol. The van der Waals surface area contributed by atoms with Crippen LogP contribution in [0.3, 0.4) is 0 Å². The van der Waals surface area contributed by atoms with Crippen molar-refractivity contribution in [3.63, 3.8) is 0 Å². The monoisotopic (exact) mass is 209 g/mol. The van der Waals surface area contributed by atoms with E-state index in [1.54, 1.807) is 14.1 Å². The Labute approximate surface area is 90.9 Å². The summed E-state index contributed by atoms with van der Waals surface area (Å²) in [5.74, 6) is 0. The summed E-state index contributed by atoms with van der Waals surface area (Å²) in [6, 6.07) is 2.04.